The molecule has 6 heteroatoms. The maximum atomic E-state index is 12.6. The van der Waals surface area contributed by atoms with Gasteiger partial charge in [-0.3, -0.25) is 9.69 Å². The second-order valence-corrected chi connectivity index (χ2v) is 6.87. The number of aromatic nitrogens is 2. The number of hydrogen-bond donors (Lipinski definition) is 0. The number of aryl methyl sites for hydroxylation is 1. The molecule has 0 aliphatic carbocycles. The van der Waals surface area contributed by atoms with Crippen LogP contribution in [0.25, 0.3) is 0 Å². The summed E-state index contributed by atoms with van der Waals surface area (Å²) in [5.41, 5.74) is -0.257. The van der Waals surface area contributed by atoms with E-state index in [9.17, 15) is 4.79 Å². The van der Waals surface area contributed by atoms with Crippen LogP contribution in [0.4, 0.5) is 0 Å². The summed E-state index contributed by atoms with van der Waals surface area (Å²) in [6.07, 6.45) is 4.20. The molecule has 0 saturated carbocycles. The molecule has 104 valence electrons. The Balaban J connectivity index is 1.82. The molecule has 1 amide bonds. The maximum absolute atomic E-state index is 12.6. The number of amides is 1. The minimum atomic E-state index is -0.257. The first-order valence-electron chi connectivity index (χ1n) is 6.91. The van der Waals surface area contributed by atoms with Crippen LogP contribution >= 0.6 is 11.3 Å². The van der Waals surface area contributed by atoms with E-state index in [0.717, 1.165) is 55.3 Å². The first-order valence-corrected chi connectivity index (χ1v) is 7.73. The number of nitrogens with zero attached hydrogens (tertiary/aromatic N) is 4. The fourth-order valence-corrected chi connectivity index (χ4v) is 4.15. The number of likely N-dealkylation sites (N-methyl/N-ethyl adjacent to an activating group) is 1. The predicted molar refractivity (Wildman–Crippen MR) is 73.9 cm³/mol. The zero-order valence-corrected chi connectivity index (χ0v) is 12.4. The molecular weight excluding hydrogens is 260 g/mol. The maximum Gasteiger partial charge on any atom is 0.242 e. The Labute approximate surface area is 117 Å². The Morgan fingerprint density at radius 1 is 1.26 bits per heavy atom. The van der Waals surface area contributed by atoms with Gasteiger partial charge in [-0.05, 0) is 39.2 Å². The van der Waals surface area contributed by atoms with E-state index in [1.54, 1.807) is 11.3 Å². The van der Waals surface area contributed by atoms with E-state index < -0.39 is 0 Å². The van der Waals surface area contributed by atoms with Crippen LogP contribution in [0.2, 0.25) is 0 Å². The molecule has 2 aliphatic heterocycles. The van der Waals surface area contributed by atoms with E-state index in [1.165, 1.54) is 0 Å². The number of piperidine rings is 1. The molecule has 2 saturated heterocycles. The summed E-state index contributed by atoms with van der Waals surface area (Å²) >= 11 is 1.64. The highest BCUT2D eigenvalue weighted by Crippen LogP contribution is 2.38. The lowest BCUT2D eigenvalue weighted by Gasteiger charge is -2.43. The van der Waals surface area contributed by atoms with Crippen LogP contribution in [0, 0.1) is 6.92 Å². The fourth-order valence-electron chi connectivity index (χ4n) is 3.43. The van der Waals surface area contributed by atoms with E-state index in [2.05, 4.69) is 15.1 Å². The lowest BCUT2D eigenvalue weighted by Crippen LogP contribution is -2.58. The quantitative estimate of drug-likeness (QED) is 0.822. The summed E-state index contributed by atoms with van der Waals surface area (Å²) < 4.78 is 0. The highest BCUT2D eigenvalue weighted by Gasteiger charge is 2.50. The molecule has 1 spiro atoms. The Hall–Kier alpha value is -1.01. The molecule has 5 nitrogen and oxygen atoms in total. The van der Waals surface area contributed by atoms with Crippen molar-refractivity contribution in [3.8, 4) is 0 Å². The molecule has 2 aliphatic rings. The van der Waals surface area contributed by atoms with Gasteiger partial charge in [-0.15, -0.1) is 21.5 Å². The summed E-state index contributed by atoms with van der Waals surface area (Å²) in [7, 11) is 1.93. The second kappa shape index (κ2) is 4.83. The lowest BCUT2D eigenvalue weighted by molar-refractivity contribution is -0.146. The molecule has 0 bridgehead atoms. The normalized spacial score (nSPS) is 28.5. The molecule has 19 heavy (non-hydrogen) atoms. The average Bonchev–Trinajstić information content (AvgIpc) is 2.95. The van der Waals surface area contributed by atoms with Crippen LogP contribution in [-0.4, -0.2) is 51.6 Å². The van der Waals surface area contributed by atoms with Crippen molar-refractivity contribution in [3.05, 3.63) is 10.0 Å². The van der Waals surface area contributed by atoms with E-state index in [4.69, 9.17) is 0 Å². The van der Waals surface area contributed by atoms with Crippen molar-refractivity contribution in [2.24, 2.45) is 0 Å². The predicted octanol–water partition coefficient (Wildman–Crippen LogP) is 1.43. The Bertz CT molecular complexity index is 489. The highest BCUT2D eigenvalue weighted by molar-refractivity contribution is 7.11. The lowest BCUT2D eigenvalue weighted by atomic mass is 9.85. The molecule has 1 unspecified atom stereocenters. The largest absolute Gasteiger partial charge is 0.344 e. The van der Waals surface area contributed by atoms with Crippen LogP contribution < -0.4 is 0 Å². The summed E-state index contributed by atoms with van der Waals surface area (Å²) in [5, 5.41) is 10.3. The van der Waals surface area contributed by atoms with Gasteiger partial charge >= 0.3 is 0 Å². The van der Waals surface area contributed by atoms with Crippen molar-refractivity contribution in [1.82, 2.24) is 20.0 Å². The number of rotatable bonds is 2. The molecule has 2 fully saturated rings. The molecule has 3 heterocycles. The van der Waals surface area contributed by atoms with Gasteiger partial charge < -0.3 is 4.90 Å². The topological polar surface area (TPSA) is 49.3 Å². The number of carbonyl (C=O) groups excluding carboxylic acids is 1. The van der Waals surface area contributed by atoms with Crippen LogP contribution in [-0.2, 0) is 11.3 Å². The first-order chi connectivity index (χ1) is 9.12. The van der Waals surface area contributed by atoms with Gasteiger partial charge in [-0.2, -0.15) is 0 Å². The second-order valence-electron chi connectivity index (χ2n) is 5.60. The first kappa shape index (κ1) is 13.0. The van der Waals surface area contributed by atoms with Gasteiger partial charge in [-0.1, -0.05) is 0 Å². The zero-order chi connectivity index (χ0) is 13.5. The monoisotopic (exact) mass is 280 g/mol. The zero-order valence-electron chi connectivity index (χ0n) is 11.6. The number of hydrogen-bond acceptors (Lipinski definition) is 5. The smallest absolute Gasteiger partial charge is 0.242 e. The summed E-state index contributed by atoms with van der Waals surface area (Å²) in [5.74, 6) is 0.303. The third-order valence-electron chi connectivity index (χ3n) is 4.35. The molecule has 3 rings (SSSR count). The van der Waals surface area contributed by atoms with Crippen LogP contribution in [0.3, 0.4) is 0 Å². The summed E-state index contributed by atoms with van der Waals surface area (Å²) in [6, 6.07) is 0. The standard InChI is InChI=1S/C13H20N4OS/c1-10-14-15-11(19-10)9-17-8-4-6-13(17)5-3-7-16(2)12(13)18/h3-9H2,1-2H3. The molecule has 1 atom stereocenters. The van der Waals surface area contributed by atoms with Gasteiger partial charge in [0.05, 0.1) is 6.54 Å². The Morgan fingerprint density at radius 3 is 2.68 bits per heavy atom. The van der Waals surface area contributed by atoms with Gasteiger partial charge in [0, 0.05) is 13.6 Å². The van der Waals surface area contributed by atoms with Gasteiger partial charge in [0.25, 0.3) is 0 Å². The van der Waals surface area contributed by atoms with E-state index in [1.807, 2.05) is 18.9 Å². The minimum absolute atomic E-state index is 0.257. The van der Waals surface area contributed by atoms with Crippen LogP contribution in [0.5, 0.6) is 0 Å². The molecular formula is C13H20N4OS. The molecule has 1 aromatic rings. The van der Waals surface area contributed by atoms with Gasteiger partial charge in [0.2, 0.25) is 5.91 Å². The number of likely N-dealkylation sites (tertiary alicyclic amines) is 2. The minimum Gasteiger partial charge on any atom is -0.344 e. The molecule has 0 aromatic carbocycles. The van der Waals surface area contributed by atoms with Crippen LogP contribution in [0.1, 0.15) is 35.7 Å². The van der Waals surface area contributed by atoms with E-state index >= 15 is 0 Å². The molecule has 1 aromatic heterocycles. The van der Waals surface area contributed by atoms with Crippen LogP contribution in [0.15, 0.2) is 0 Å². The summed E-state index contributed by atoms with van der Waals surface area (Å²) in [6.45, 7) is 4.64. The average molecular weight is 280 g/mol. The van der Waals surface area contributed by atoms with Gasteiger partial charge in [0.1, 0.15) is 15.6 Å². The van der Waals surface area contributed by atoms with Crippen molar-refractivity contribution >= 4 is 17.2 Å². The molecule has 0 radical (unpaired) electrons. The third kappa shape index (κ3) is 2.17. The van der Waals surface area contributed by atoms with Crippen molar-refractivity contribution in [3.63, 3.8) is 0 Å². The molecule has 0 N–H and O–H groups in total. The van der Waals surface area contributed by atoms with Crippen molar-refractivity contribution in [2.75, 3.05) is 20.1 Å². The fraction of sp³-hybridized carbons (Fsp3) is 0.769. The van der Waals surface area contributed by atoms with E-state index in [0.29, 0.717) is 5.91 Å². The Kier molecular flexibility index (Phi) is 3.30. The highest BCUT2D eigenvalue weighted by atomic mass is 32.1. The van der Waals surface area contributed by atoms with Crippen molar-refractivity contribution < 1.29 is 4.79 Å². The Morgan fingerprint density at radius 2 is 2.00 bits per heavy atom. The van der Waals surface area contributed by atoms with Crippen molar-refractivity contribution in [2.45, 2.75) is 44.7 Å². The third-order valence-corrected chi connectivity index (χ3v) is 5.17. The number of carbonyl (C=O) groups is 1. The van der Waals surface area contributed by atoms with Gasteiger partial charge in [0.15, 0.2) is 0 Å². The van der Waals surface area contributed by atoms with Crippen molar-refractivity contribution in [1.29, 1.82) is 0 Å². The van der Waals surface area contributed by atoms with E-state index in [-0.39, 0.29) is 5.54 Å². The summed E-state index contributed by atoms with van der Waals surface area (Å²) in [4.78, 5) is 16.8. The van der Waals surface area contributed by atoms with Gasteiger partial charge in [-0.25, -0.2) is 0 Å². The SMILES string of the molecule is Cc1nnc(CN2CCCC23CCCN(C)C3=O)s1.